The van der Waals surface area contributed by atoms with Crippen LogP contribution in [0.2, 0.25) is 0 Å². The predicted molar refractivity (Wildman–Crippen MR) is 125 cm³/mol. The van der Waals surface area contributed by atoms with E-state index in [1.165, 1.54) is 10.8 Å². The van der Waals surface area contributed by atoms with E-state index in [-0.39, 0.29) is 11.9 Å². The Morgan fingerprint density at radius 3 is 2.39 bits per heavy atom. The number of hydrogen-bond donors (Lipinski definition) is 1. The first-order valence-corrected chi connectivity index (χ1v) is 11.1. The minimum atomic E-state index is -0.0185. The van der Waals surface area contributed by atoms with Crippen LogP contribution in [-0.2, 0) is 4.79 Å². The van der Waals surface area contributed by atoms with Crippen LogP contribution in [-0.4, -0.2) is 61.6 Å². The van der Waals surface area contributed by atoms with E-state index >= 15 is 0 Å². The Morgan fingerprint density at radius 2 is 1.58 bits per heavy atom. The summed E-state index contributed by atoms with van der Waals surface area (Å²) >= 11 is 0. The molecule has 5 nitrogen and oxygen atoms in total. The lowest BCUT2D eigenvalue weighted by Gasteiger charge is -2.34. The average Bonchev–Trinajstić information content (AvgIpc) is 2.80. The van der Waals surface area contributed by atoms with Crippen molar-refractivity contribution in [2.45, 2.75) is 13.0 Å². The van der Waals surface area contributed by atoms with Crippen LogP contribution in [0.1, 0.15) is 18.5 Å². The van der Waals surface area contributed by atoms with Gasteiger partial charge in [-0.3, -0.25) is 14.6 Å². The fourth-order valence-electron chi connectivity index (χ4n) is 4.18. The molecular weight excluding hydrogens is 386 g/mol. The fraction of sp³-hybridized carbons (Fsp3) is 0.346. The second-order valence-corrected chi connectivity index (χ2v) is 8.14. The largest absolute Gasteiger partial charge is 0.492 e. The number of para-hydroxylation sites is 1. The van der Waals surface area contributed by atoms with Gasteiger partial charge in [-0.2, -0.15) is 0 Å². The van der Waals surface area contributed by atoms with Gasteiger partial charge < -0.3 is 10.1 Å². The van der Waals surface area contributed by atoms with Crippen molar-refractivity contribution in [2.24, 2.45) is 0 Å². The molecule has 0 radical (unpaired) electrons. The summed E-state index contributed by atoms with van der Waals surface area (Å²) in [5, 5.41) is 5.59. The second kappa shape index (κ2) is 10.4. The van der Waals surface area contributed by atoms with Gasteiger partial charge in [-0.05, 0) is 35.4 Å². The molecule has 0 saturated carbocycles. The molecule has 5 heteroatoms. The first-order valence-electron chi connectivity index (χ1n) is 11.1. The first-order chi connectivity index (χ1) is 15.2. The Kier molecular flexibility index (Phi) is 7.18. The lowest BCUT2D eigenvalue weighted by molar-refractivity contribution is -0.123. The number of benzene rings is 3. The second-order valence-electron chi connectivity index (χ2n) is 8.14. The van der Waals surface area contributed by atoms with Gasteiger partial charge in [0.05, 0.1) is 12.6 Å². The standard InChI is InChI=1S/C26H31N3O2/c1-21(24-13-7-9-22-8-5-6-12-25(22)24)27-26(30)20-29-16-14-28(15-17-29)18-19-31-23-10-3-2-4-11-23/h2-13,21H,14-20H2,1H3,(H,27,30)/t21-/m0/s1. The molecule has 31 heavy (non-hydrogen) atoms. The molecule has 1 N–H and O–H groups in total. The van der Waals surface area contributed by atoms with Gasteiger partial charge in [0.15, 0.2) is 0 Å². The van der Waals surface area contributed by atoms with E-state index in [0.29, 0.717) is 13.2 Å². The number of rotatable bonds is 8. The number of fused-ring (bicyclic) bond motifs is 1. The van der Waals surface area contributed by atoms with Gasteiger partial charge in [0, 0.05) is 32.7 Å². The van der Waals surface area contributed by atoms with Crippen LogP contribution in [0.25, 0.3) is 10.8 Å². The zero-order valence-corrected chi connectivity index (χ0v) is 18.2. The summed E-state index contributed by atoms with van der Waals surface area (Å²) in [6, 6.07) is 24.5. The highest BCUT2D eigenvalue weighted by molar-refractivity contribution is 5.87. The molecule has 1 saturated heterocycles. The third-order valence-electron chi connectivity index (χ3n) is 5.92. The summed E-state index contributed by atoms with van der Waals surface area (Å²) in [4.78, 5) is 17.3. The van der Waals surface area contributed by atoms with Crippen LogP contribution >= 0.6 is 0 Å². The molecule has 4 rings (SSSR count). The number of nitrogens with one attached hydrogen (secondary N) is 1. The van der Waals surface area contributed by atoms with Gasteiger partial charge in [0.25, 0.3) is 0 Å². The van der Waals surface area contributed by atoms with Crippen molar-refractivity contribution in [2.75, 3.05) is 45.9 Å². The topological polar surface area (TPSA) is 44.8 Å². The van der Waals surface area contributed by atoms with Gasteiger partial charge >= 0.3 is 0 Å². The highest BCUT2D eigenvalue weighted by atomic mass is 16.5. The molecule has 1 fully saturated rings. The summed E-state index contributed by atoms with van der Waals surface area (Å²) in [5.41, 5.74) is 1.16. The predicted octanol–water partition coefficient (Wildman–Crippen LogP) is 3.71. The minimum Gasteiger partial charge on any atom is -0.492 e. The maximum atomic E-state index is 12.7. The molecule has 1 atom stereocenters. The molecule has 1 aliphatic rings. The summed E-state index contributed by atoms with van der Waals surface area (Å²) in [5.74, 6) is 0.999. The van der Waals surface area contributed by atoms with E-state index in [9.17, 15) is 4.79 Å². The van der Waals surface area contributed by atoms with Crippen molar-refractivity contribution in [1.29, 1.82) is 0 Å². The first kappa shape index (κ1) is 21.3. The maximum Gasteiger partial charge on any atom is 0.234 e. The minimum absolute atomic E-state index is 0.0185. The molecule has 0 aromatic heterocycles. The maximum absolute atomic E-state index is 12.7. The molecular formula is C26H31N3O2. The van der Waals surface area contributed by atoms with Crippen molar-refractivity contribution in [3.05, 3.63) is 78.4 Å². The molecule has 3 aromatic carbocycles. The van der Waals surface area contributed by atoms with Crippen molar-refractivity contribution < 1.29 is 9.53 Å². The van der Waals surface area contributed by atoms with Crippen molar-refractivity contribution >= 4 is 16.7 Å². The van der Waals surface area contributed by atoms with E-state index in [0.717, 1.165) is 44.0 Å². The van der Waals surface area contributed by atoms with Crippen LogP contribution in [0.3, 0.4) is 0 Å². The van der Waals surface area contributed by atoms with E-state index in [1.807, 2.05) is 42.5 Å². The molecule has 1 aliphatic heterocycles. The Balaban J connectivity index is 1.20. The van der Waals surface area contributed by atoms with Crippen LogP contribution in [0.15, 0.2) is 72.8 Å². The van der Waals surface area contributed by atoms with Gasteiger partial charge in [-0.1, -0.05) is 60.7 Å². The summed E-state index contributed by atoms with van der Waals surface area (Å²) in [7, 11) is 0. The molecule has 1 heterocycles. The number of amides is 1. The van der Waals surface area contributed by atoms with Crippen LogP contribution in [0.4, 0.5) is 0 Å². The zero-order chi connectivity index (χ0) is 21.5. The quantitative estimate of drug-likeness (QED) is 0.607. The number of piperazine rings is 1. The van der Waals surface area contributed by atoms with Gasteiger partial charge in [0.2, 0.25) is 5.91 Å². The molecule has 0 unspecified atom stereocenters. The monoisotopic (exact) mass is 417 g/mol. The molecule has 0 bridgehead atoms. The Hall–Kier alpha value is -2.89. The van der Waals surface area contributed by atoms with Gasteiger partial charge in [0.1, 0.15) is 12.4 Å². The lowest BCUT2D eigenvalue weighted by Crippen LogP contribution is -2.50. The van der Waals surface area contributed by atoms with Crippen LogP contribution in [0.5, 0.6) is 5.75 Å². The highest BCUT2D eigenvalue weighted by Crippen LogP contribution is 2.24. The Morgan fingerprint density at radius 1 is 0.903 bits per heavy atom. The molecule has 0 aliphatic carbocycles. The lowest BCUT2D eigenvalue weighted by atomic mass is 10.00. The third kappa shape index (κ3) is 5.84. The normalized spacial score (nSPS) is 16.2. The zero-order valence-electron chi connectivity index (χ0n) is 18.2. The summed E-state index contributed by atoms with van der Waals surface area (Å²) < 4.78 is 5.80. The van der Waals surface area contributed by atoms with Gasteiger partial charge in [-0.25, -0.2) is 0 Å². The molecule has 162 valence electrons. The Labute approximate surface area is 184 Å². The van der Waals surface area contributed by atoms with E-state index in [4.69, 9.17) is 4.74 Å². The van der Waals surface area contributed by atoms with Crippen molar-refractivity contribution in [3.63, 3.8) is 0 Å². The number of ether oxygens (including phenoxy) is 1. The SMILES string of the molecule is C[C@H](NC(=O)CN1CCN(CCOc2ccccc2)CC1)c1cccc2ccccc12. The van der Waals surface area contributed by atoms with E-state index < -0.39 is 0 Å². The third-order valence-corrected chi connectivity index (χ3v) is 5.92. The van der Waals surface area contributed by atoms with Gasteiger partial charge in [-0.15, -0.1) is 0 Å². The van der Waals surface area contributed by atoms with E-state index in [2.05, 4.69) is 52.4 Å². The number of hydrogen-bond acceptors (Lipinski definition) is 4. The highest BCUT2D eigenvalue weighted by Gasteiger charge is 2.20. The number of carbonyl (C=O) groups excluding carboxylic acids is 1. The number of nitrogens with zero attached hydrogens (tertiary/aromatic N) is 2. The van der Waals surface area contributed by atoms with E-state index in [1.54, 1.807) is 0 Å². The molecule has 3 aromatic rings. The molecule has 1 amide bonds. The summed E-state index contributed by atoms with van der Waals surface area (Å²) in [6.45, 7) is 7.84. The van der Waals surface area contributed by atoms with Crippen LogP contribution in [0, 0.1) is 0 Å². The van der Waals surface area contributed by atoms with Crippen molar-refractivity contribution in [3.8, 4) is 5.75 Å². The van der Waals surface area contributed by atoms with Crippen LogP contribution < -0.4 is 10.1 Å². The number of carbonyl (C=O) groups is 1. The smallest absolute Gasteiger partial charge is 0.234 e. The summed E-state index contributed by atoms with van der Waals surface area (Å²) in [6.07, 6.45) is 0. The Bertz CT molecular complexity index is 979. The average molecular weight is 418 g/mol. The van der Waals surface area contributed by atoms with Crippen molar-refractivity contribution in [1.82, 2.24) is 15.1 Å². The molecule has 0 spiro atoms. The fourth-order valence-corrected chi connectivity index (χ4v) is 4.18.